The van der Waals surface area contributed by atoms with Gasteiger partial charge in [0.2, 0.25) is 5.91 Å². The number of amides is 1. The van der Waals surface area contributed by atoms with Crippen molar-refractivity contribution in [1.29, 1.82) is 0 Å². The third-order valence-electron chi connectivity index (χ3n) is 3.82. The van der Waals surface area contributed by atoms with E-state index < -0.39 is 0 Å². The maximum absolute atomic E-state index is 12.0. The second kappa shape index (κ2) is 7.80. The fourth-order valence-corrected chi connectivity index (χ4v) is 3.59. The molecule has 2 saturated heterocycles. The van der Waals surface area contributed by atoms with Crippen LogP contribution in [0.2, 0.25) is 0 Å². The normalized spacial score (nSPS) is 22.4. The van der Waals surface area contributed by atoms with E-state index in [0.29, 0.717) is 12.2 Å². The van der Waals surface area contributed by atoms with Crippen molar-refractivity contribution in [3.8, 4) is 0 Å². The lowest BCUT2D eigenvalue weighted by molar-refractivity contribution is -0.116. The first-order valence-corrected chi connectivity index (χ1v) is 8.86. The number of anilines is 2. The lowest BCUT2D eigenvalue weighted by Gasteiger charge is -2.28. The predicted octanol–water partition coefficient (Wildman–Crippen LogP) is 0.952. The van der Waals surface area contributed by atoms with E-state index in [0.717, 1.165) is 50.0 Å². The minimum atomic E-state index is 0.0200. The van der Waals surface area contributed by atoms with Crippen LogP contribution in [0, 0.1) is 0 Å². The molecule has 1 aromatic heterocycles. The fraction of sp³-hybridized carbons (Fsp3) is 0.600. The molecule has 2 N–H and O–H groups in total. The van der Waals surface area contributed by atoms with Crippen molar-refractivity contribution in [2.45, 2.75) is 12.5 Å². The van der Waals surface area contributed by atoms with Gasteiger partial charge in [-0.3, -0.25) is 4.79 Å². The SMILES string of the molecule is O=C(CC1CSCCN1)Nc1ccc(N2CCOCC2)cn1. The molecule has 22 heavy (non-hydrogen) atoms. The van der Waals surface area contributed by atoms with Crippen LogP contribution in [-0.4, -0.2) is 61.3 Å². The second-order valence-corrected chi connectivity index (χ2v) is 6.63. The average molecular weight is 322 g/mol. The molecule has 2 aliphatic rings. The summed E-state index contributed by atoms with van der Waals surface area (Å²) in [5, 5.41) is 6.24. The maximum atomic E-state index is 12.0. The van der Waals surface area contributed by atoms with Gasteiger partial charge in [-0.05, 0) is 12.1 Å². The zero-order valence-corrected chi connectivity index (χ0v) is 13.4. The Balaban J connectivity index is 1.50. The molecule has 0 bridgehead atoms. The number of morpholine rings is 1. The van der Waals surface area contributed by atoms with Gasteiger partial charge in [0.1, 0.15) is 5.82 Å². The first-order chi connectivity index (χ1) is 10.8. The number of pyridine rings is 1. The number of hydrogen-bond acceptors (Lipinski definition) is 6. The van der Waals surface area contributed by atoms with Crippen molar-refractivity contribution in [2.75, 3.05) is 54.6 Å². The summed E-state index contributed by atoms with van der Waals surface area (Å²) in [6.45, 7) is 4.27. The lowest BCUT2D eigenvalue weighted by atomic mass is 10.2. The van der Waals surface area contributed by atoms with Crippen LogP contribution in [0.4, 0.5) is 11.5 Å². The molecule has 7 heteroatoms. The van der Waals surface area contributed by atoms with Crippen molar-refractivity contribution in [2.24, 2.45) is 0 Å². The van der Waals surface area contributed by atoms with Gasteiger partial charge in [0.05, 0.1) is 25.1 Å². The number of carbonyl (C=O) groups is 1. The van der Waals surface area contributed by atoms with Gasteiger partial charge < -0.3 is 20.3 Å². The number of nitrogens with zero attached hydrogens (tertiary/aromatic N) is 2. The molecule has 0 spiro atoms. The summed E-state index contributed by atoms with van der Waals surface area (Å²) in [6.07, 6.45) is 2.32. The maximum Gasteiger partial charge on any atom is 0.227 e. The molecule has 3 rings (SSSR count). The number of nitrogens with one attached hydrogen (secondary N) is 2. The van der Waals surface area contributed by atoms with Gasteiger partial charge >= 0.3 is 0 Å². The van der Waals surface area contributed by atoms with Crippen LogP contribution >= 0.6 is 11.8 Å². The molecular formula is C15H22N4O2S. The summed E-state index contributed by atoms with van der Waals surface area (Å²) in [5.74, 6) is 2.76. The summed E-state index contributed by atoms with van der Waals surface area (Å²) in [5.41, 5.74) is 1.08. The Kier molecular flexibility index (Phi) is 5.53. The van der Waals surface area contributed by atoms with Crippen molar-refractivity contribution in [3.05, 3.63) is 18.3 Å². The van der Waals surface area contributed by atoms with Gasteiger partial charge in [0, 0.05) is 43.6 Å². The highest BCUT2D eigenvalue weighted by molar-refractivity contribution is 7.99. The van der Waals surface area contributed by atoms with Gasteiger partial charge in [-0.2, -0.15) is 11.8 Å². The molecule has 2 fully saturated rings. The highest BCUT2D eigenvalue weighted by Gasteiger charge is 2.17. The first kappa shape index (κ1) is 15.6. The predicted molar refractivity (Wildman–Crippen MR) is 89.6 cm³/mol. The molecule has 1 aromatic rings. The molecule has 120 valence electrons. The Morgan fingerprint density at radius 3 is 3.00 bits per heavy atom. The summed E-state index contributed by atoms with van der Waals surface area (Å²) < 4.78 is 5.34. The van der Waals surface area contributed by atoms with E-state index in [2.05, 4.69) is 20.5 Å². The Morgan fingerprint density at radius 1 is 1.45 bits per heavy atom. The van der Waals surface area contributed by atoms with Crippen LogP contribution in [0.5, 0.6) is 0 Å². The molecule has 6 nitrogen and oxygen atoms in total. The van der Waals surface area contributed by atoms with E-state index in [4.69, 9.17) is 4.74 Å². The Hall–Kier alpha value is -1.31. The molecule has 0 aliphatic carbocycles. The highest BCUT2D eigenvalue weighted by Crippen LogP contribution is 2.17. The van der Waals surface area contributed by atoms with Crippen molar-refractivity contribution < 1.29 is 9.53 Å². The number of carbonyl (C=O) groups excluding carboxylic acids is 1. The zero-order valence-electron chi connectivity index (χ0n) is 12.6. The molecule has 1 unspecified atom stereocenters. The van der Waals surface area contributed by atoms with E-state index in [9.17, 15) is 4.79 Å². The molecule has 0 saturated carbocycles. The average Bonchev–Trinajstić information content (AvgIpc) is 2.57. The summed E-state index contributed by atoms with van der Waals surface area (Å²) >= 11 is 1.90. The van der Waals surface area contributed by atoms with E-state index in [1.807, 2.05) is 30.1 Å². The topological polar surface area (TPSA) is 66.5 Å². The minimum absolute atomic E-state index is 0.0200. The van der Waals surface area contributed by atoms with Gasteiger partial charge in [-0.25, -0.2) is 4.98 Å². The quantitative estimate of drug-likeness (QED) is 0.860. The third-order valence-corrected chi connectivity index (χ3v) is 4.95. The molecule has 3 heterocycles. The zero-order chi connectivity index (χ0) is 15.2. The Bertz CT molecular complexity index is 485. The number of hydrogen-bond donors (Lipinski definition) is 2. The Morgan fingerprint density at radius 2 is 2.32 bits per heavy atom. The van der Waals surface area contributed by atoms with Crippen LogP contribution in [0.1, 0.15) is 6.42 Å². The van der Waals surface area contributed by atoms with Crippen LogP contribution in [0.25, 0.3) is 0 Å². The number of thioether (sulfide) groups is 1. The number of aromatic nitrogens is 1. The van der Waals surface area contributed by atoms with Gasteiger partial charge in [0.15, 0.2) is 0 Å². The fourth-order valence-electron chi connectivity index (χ4n) is 2.64. The third kappa shape index (κ3) is 4.34. The molecule has 1 amide bonds. The van der Waals surface area contributed by atoms with Gasteiger partial charge in [-0.15, -0.1) is 0 Å². The highest BCUT2D eigenvalue weighted by atomic mass is 32.2. The van der Waals surface area contributed by atoms with Gasteiger partial charge in [0.25, 0.3) is 0 Å². The van der Waals surface area contributed by atoms with E-state index in [1.54, 1.807) is 0 Å². The summed E-state index contributed by atoms with van der Waals surface area (Å²) in [4.78, 5) is 18.6. The van der Waals surface area contributed by atoms with Crippen LogP contribution < -0.4 is 15.5 Å². The van der Waals surface area contributed by atoms with E-state index in [-0.39, 0.29) is 11.9 Å². The number of ether oxygens (including phenoxy) is 1. The van der Waals surface area contributed by atoms with Crippen LogP contribution in [0.3, 0.4) is 0 Å². The smallest absolute Gasteiger partial charge is 0.227 e. The summed E-state index contributed by atoms with van der Waals surface area (Å²) in [6, 6.07) is 4.14. The standard InChI is InChI=1S/C15H22N4O2S/c20-15(9-12-11-22-8-3-16-12)18-14-2-1-13(10-17-14)19-4-6-21-7-5-19/h1-2,10,12,16H,3-9,11H2,(H,17,18,20). The summed E-state index contributed by atoms with van der Waals surface area (Å²) in [7, 11) is 0. The van der Waals surface area contributed by atoms with Gasteiger partial charge in [-0.1, -0.05) is 0 Å². The number of rotatable bonds is 4. The first-order valence-electron chi connectivity index (χ1n) is 7.71. The molecule has 2 aliphatic heterocycles. The van der Waals surface area contributed by atoms with E-state index in [1.165, 1.54) is 0 Å². The Labute approximate surface area is 135 Å². The van der Waals surface area contributed by atoms with Crippen molar-refractivity contribution in [1.82, 2.24) is 10.3 Å². The molecule has 0 radical (unpaired) electrons. The van der Waals surface area contributed by atoms with Crippen LogP contribution in [0.15, 0.2) is 18.3 Å². The van der Waals surface area contributed by atoms with E-state index >= 15 is 0 Å². The monoisotopic (exact) mass is 322 g/mol. The second-order valence-electron chi connectivity index (χ2n) is 5.48. The molecule has 1 atom stereocenters. The van der Waals surface area contributed by atoms with Crippen molar-refractivity contribution >= 4 is 29.2 Å². The minimum Gasteiger partial charge on any atom is -0.378 e. The lowest BCUT2D eigenvalue weighted by Crippen LogP contribution is -2.40. The van der Waals surface area contributed by atoms with Crippen molar-refractivity contribution in [3.63, 3.8) is 0 Å². The molecular weight excluding hydrogens is 300 g/mol. The molecule has 0 aromatic carbocycles. The van der Waals surface area contributed by atoms with Crippen LogP contribution in [-0.2, 0) is 9.53 Å². The largest absolute Gasteiger partial charge is 0.378 e.